The Morgan fingerprint density at radius 3 is 2.57 bits per heavy atom. The Morgan fingerprint density at radius 1 is 1.14 bits per heavy atom. The van der Waals surface area contributed by atoms with E-state index < -0.39 is 56.8 Å². The number of ketones is 1. The molecule has 0 bridgehead atoms. The molecule has 35 heavy (non-hydrogen) atoms. The van der Waals surface area contributed by atoms with Gasteiger partial charge >= 0.3 is 5.97 Å². The van der Waals surface area contributed by atoms with Crippen molar-refractivity contribution in [2.45, 2.75) is 93.4 Å². The number of aliphatic hydroxyl groups excluding tert-OH is 1. The van der Waals surface area contributed by atoms with Gasteiger partial charge in [-0.2, -0.15) is 0 Å². The zero-order valence-corrected chi connectivity index (χ0v) is 21.2. The second kappa shape index (κ2) is 7.17. The Kier molecular flexibility index (Phi) is 4.93. The van der Waals surface area contributed by atoms with Crippen LogP contribution >= 0.6 is 11.8 Å². The maximum absolute atomic E-state index is 17.4. The van der Waals surface area contributed by atoms with E-state index in [0.717, 1.165) is 0 Å². The van der Waals surface area contributed by atoms with Crippen LogP contribution in [0.4, 0.5) is 8.78 Å². The van der Waals surface area contributed by atoms with Gasteiger partial charge < -0.3 is 19.3 Å². The largest absolute Gasteiger partial charge is 0.465 e. The van der Waals surface area contributed by atoms with Gasteiger partial charge in [0.2, 0.25) is 0 Å². The molecule has 6 nitrogen and oxygen atoms in total. The summed E-state index contributed by atoms with van der Waals surface area (Å²) in [6.07, 6.45) is 1.46. The molecule has 3 saturated carbocycles. The predicted molar refractivity (Wildman–Crippen MR) is 124 cm³/mol. The number of aliphatic hydroxyl groups is 1. The average Bonchev–Trinajstić information content (AvgIpc) is 3.35. The Hall–Kier alpha value is -1.29. The van der Waals surface area contributed by atoms with E-state index in [1.54, 1.807) is 6.92 Å². The highest BCUT2D eigenvalue weighted by atomic mass is 32.2. The van der Waals surface area contributed by atoms with Gasteiger partial charge in [-0.15, -0.1) is 11.8 Å². The quantitative estimate of drug-likeness (QED) is 0.566. The number of alkyl halides is 2. The molecule has 0 aromatic carbocycles. The van der Waals surface area contributed by atoms with Crippen molar-refractivity contribution in [2.75, 3.05) is 6.61 Å². The normalized spacial score (nSPS) is 54.0. The molecule has 0 aromatic rings. The summed E-state index contributed by atoms with van der Waals surface area (Å²) in [5, 5.41) is 11.1. The van der Waals surface area contributed by atoms with Crippen molar-refractivity contribution >= 4 is 23.5 Å². The molecule has 6 aliphatic rings. The maximum atomic E-state index is 17.4. The zero-order valence-electron chi connectivity index (χ0n) is 20.4. The van der Waals surface area contributed by atoms with E-state index in [2.05, 4.69) is 0 Å². The molecular formula is C26H32F2O6S. The fraction of sp³-hybridized carbons (Fsp3) is 0.769. The summed E-state index contributed by atoms with van der Waals surface area (Å²) in [4.78, 5) is 23.5. The third kappa shape index (κ3) is 2.87. The topological polar surface area (TPSA) is 82.1 Å². The molecule has 192 valence electrons. The SMILES string of the molecule is CC1(C)O[C@@H]2C[C@H]3[C@@H]4C[C@H](F)C5=CC(=O)C=C[C@]5(C)[C@@]4(F)[C@@H](O)C[C@]3(C)[C@]2(S[C@H]2CCOC2=O)O1. The summed E-state index contributed by atoms with van der Waals surface area (Å²) in [6, 6.07) is 0. The second-order valence-electron chi connectivity index (χ2n) is 11.9. The van der Waals surface area contributed by atoms with Gasteiger partial charge in [0.25, 0.3) is 0 Å². The van der Waals surface area contributed by atoms with Crippen LogP contribution in [0.5, 0.6) is 0 Å². The van der Waals surface area contributed by atoms with Crippen LogP contribution in [0.2, 0.25) is 0 Å². The van der Waals surface area contributed by atoms with E-state index in [1.165, 1.54) is 30.0 Å². The van der Waals surface area contributed by atoms with Crippen LogP contribution in [0.25, 0.3) is 0 Å². The van der Waals surface area contributed by atoms with Crippen molar-refractivity contribution < 1.29 is 37.7 Å². The number of hydrogen-bond donors (Lipinski definition) is 1. The average molecular weight is 511 g/mol. The van der Waals surface area contributed by atoms with Crippen LogP contribution in [-0.4, -0.2) is 63.5 Å². The fourth-order valence-corrected chi connectivity index (χ4v) is 10.1. The first kappa shape index (κ1) is 24.1. The third-order valence-corrected chi connectivity index (χ3v) is 11.6. The van der Waals surface area contributed by atoms with Crippen LogP contribution in [-0.2, 0) is 23.8 Å². The van der Waals surface area contributed by atoms with Crippen LogP contribution in [0.15, 0.2) is 23.8 Å². The summed E-state index contributed by atoms with van der Waals surface area (Å²) in [6.45, 7) is 7.54. The van der Waals surface area contributed by atoms with Gasteiger partial charge in [0.05, 0.1) is 12.7 Å². The van der Waals surface area contributed by atoms with E-state index in [0.29, 0.717) is 19.4 Å². The molecule has 5 fully saturated rings. The molecule has 0 spiro atoms. The molecule has 2 aliphatic heterocycles. The first-order valence-electron chi connectivity index (χ1n) is 12.5. The number of ether oxygens (including phenoxy) is 3. The maximum Gasteiger partial charge on any atom is 0.319 e. The molecule has 9 heteroatoms. The Morgan fingerprint density at radius 2 is 1.89 bits per heavy atom. The van der Waals surface area contributed by atoms with E-state index in [9.17, 15) is 14.7 Å². The molecule has 0 unspecified atom stereocenters. The number of hydrogen-bond acceptors (Lipinski definition) is 7. The van der Waals surface area contributed by atoms with Gasteiger partial charge in [-0.25, -0.2) is 8.78 Å². The molecule has 0 amide bonds. The standard InChI is InChI=1S/C26H32F2O6S/c1-22(2)33-20-11-14-15-10-17(27)16-9-13(29)5-7-23(16,3)25(15,28)19(30)12-24(14,4)26(20,34-22)35-18-6-8-32-21(18)31/h5,7,9,14-15,17-20,30H,6,8,10-12H2,1-4H3/t14-,15-,17-,18-,19-,20+,23-,24-,25-,26-/m0/s1. The summed E-state index contributed by atoms with van der Waals surface area (Å²) in [7, 11) is 0. The van der Waals surface area contributed by atoms with Crippen LogP contribution in [0, 0.1) is 22.7 Å². The lowest BCUT2D eigenvalue weighted by atomic mass is 9.45. The highest BCUT2D eigenvalue weighted by molar-refractivity contribution is 8.01. The third-order valence-electron chi connectivity index (χ3n) is 9.73. The summed E-state index contributed by atoms with van der Waals surface area (Å²) >= 11 is 1.37. The Balaban J connectivity index is 1.45. The number of thioether (sulfide) groups is 1. The fourth-order valence-electron chi connectivity index (χ4n) is 8.21. The van der Waals surface area contributed by atoms with Crippen LogP contribution in [0.3, 0.4) is 0 Å². The van der Waals surface area contributed by atoms with E-state index in [1.807, 2.05) is 20.8 Å². The van der Waals surface area contributed by atoms with Crippen LogP contribution < -0.4 is 0 Å². The summed E-state index contributed by atoms with van der Waals surface area (Å²) < 4.78 is 51.2. The van der Waals surface area contributed by atoms with Crippen molar-refractivity contribution in [1.29, 1.82) is 0 Å². The van der Waals surface area contributed by atoms with Gasteiger partial charge in [0.1, 0.15) is 22.5 Å². The molecule has 4 aliphatic carbocycles. The molecule has 2 saturated heterocycles. The van der Waals surface area contributed by atoms with Crippen molar-refractivity contribution in [3.05, 3.63) is 23.8 Å². The van der Waals surface area contributed by atoms with Gasteiger partial charge in [-0.3, -0.25) is 9.59 Å². The lowest BCUT2D eigenvalue weighted by Crippen LogP contribution is -2.69. The first-order chi connectivity index (χ1) is 16.3. The number of esters is 1. The van der Waals surface area contributed by atoms with Crippen molar-refractivity contribution in [3.63, 3.8) is 0 Å². The first-order valence-corrected chi connectivity index (χ1v) is 13.3. The summed E-state index contributed by atoms with van der Waals surface area (Å²) in [5.41, 5.74) is -4.27. The lowest BCUT2D eigenvalue weighted by Gasteiger charge is -2.63. The zero-order chi connectivity index (χ0) is 25.2. The minimum atomic E-state index is -2.16. The Labute approximate surface area is 207 Å². The number of halogens is 2. The monoisotopic (exact) mass is 510 g/mol. The van der Waals surface area contributed by atoms with Gasteiger partial charge in [-0.05, 0) is 63.7 Å². The summed E-state index contributed by atoms with van der Waals surface area (Å²) in [5.74, 6) is -2.77. The molecular weight excluding hydrogens is 478 g/mol. The number of allylic oxidation sites excluding steroid dienone is 4. The molecule has 0 radical (unpaired) electrons. The van der Waals surface area contributed by atoms with Crippen molar-refractivity contribution in [1.82, 2.24) is 0 Å². The highest BCUT2D eigenvalue weighted by Crippen LogP contribution is 2.74. The van der Waals surface area contributed by atoms with E-state index >= 15 is 8.78 Å². The van der Waals surface area contributed by atoms with Gasteiger partial charge in [0, 0.05) is 23.2 Å². The number of carbonyl (C=O) groups excluding carboxylic acids is 2. The molecule has 1 N–H and O–H groups in total. The molecule has 10 atom stereocenters. The highest BCUT2D eigenvalue weighted by Gasteiger charge is 2.79. The number of rotatable bonds is 2. The van der Waals surface area contributed by atoms with Gasteiger partial charge in [-0.1, -0.05) is 13.0 Å². The Bertz CT molecular complexity index is 1060. The van der Waals surface area contributed by atoms with E-state index in [-0.39, 0.29) is 36.1 Å². The molecule has 2 heterocycles. The van der Waals surface area contributed by atoms with Crippen LogP contribution in [0.1, 0.15) is 53.4 Å². The second-order valence-corrected chi connectivity index (χ2v) is 13.3. The molecule has 0 aromatic heterocycles. The van der Waals surface area contributed by atoms with Gasteiger partial charge in [0.15, 0.2) is 17.2 Å². The minimum absolute atomic E-state index is 0.0665. The smallest absolute Gasteiger partial charge is 0.319 e. The van der Waals surface area contributed by atoms with E-state index in [4.69, 9.17) is 14.2 Å². The number of cyclic esters (lactones) is 1. The number of carbonyl (C=O) groups is 2. The lowest BCUT2D eigenvalue weighted by molar-refractivity contribution is -0.235. The predicted octanol–water partition coefficient (Wildman–Crippen LogP) is 3.81. The molecule has 6 rings (SSSR count). The van der Waals surface area contributed by atoms with Crippen molar-refractivity contribution in [3.8, 4) is 0 Å². The minimum Gasteiger partial charge on any atom is -0.465 e. The van der Waals surface area contributed by atoms with Crippen molar-refractivity contribution in [2.24, 2.45) is 22.7 Å². The number of fused-ring (bicyclic) bond motifs is 7.